The third-order valence-corrected chi connectivity index (χ3v) is 2.83. The summed E-state index contributed by atoms with van der Waals surface area (Å²) in [5.41, 5.74) is 0.795. The minimum absolute atomic E-state index is 0.168. The summed E-state index contributed by atoms with van der Waals surface area (Å²) in [6.07, 6.45) is 5.15. The van der Waals surface area contributed by atoms with Gasteiger partial charge in [-0.3, -0.25) is 0 Å². The Bertz CT molecular complexity index is 199. The van der Waals surface area contributed by atoms with E-state index in [1.807, 2.05) is 13.0 Å². The fourth-order valence-electron chi connectivity index (χ4n) is 1.26. The summed E-state index contributed by atoms with van der Waals surface area (Å²) >= 11 is 3.46. The Morgan fingerprint density at radius 3 is 3.17 bits per heavy atom. The third kappa shape index (κ3) is 2.34. The molecular weight excluding hydrogens is 220 g/mol. The van der Waals surface area contributed by atoms with E-state index in [9.17, 15) is 4.79 Å². The van der Waals surface area contributed by atoms with Gasteiger partial charge in [-0.25, -0.2) is 4.79 Å². The second kappa shape index (κ2) is 4.65. The Hall–Kier alpha value is -0.310. The Morgan fingerprint density at radius 1 is 1.83 bits per heavy atom. The molecule has 2 nitrogen and oxygen atoms in total. The average molecular weight is 233 g/mol. The van der Waals surface area contributed by atoms with Gasteiger partial charge in [-0.05, 0) is 26.2 Å². The van der Waals surface area contributed by atoms with Crippen LogP contribution in [0.3, 0.4) is 0 Å². The quantitative estimate of drug-likeness (QED) is 0.540. The van der Waals surface area contributed by atoms with Crippen LogP contribution in [0.2, 0.25) is 0 Å². The van der Waals surface area contributed by atoms with E-state index in [0.717, 1.165) is 24.8 Å². The summed E-state index contributed by atoms with van der Waals surface area (Å²) in [6, 6.07) is 0. The predicted octanol–water partition coefficient (Wildman–Crippen LogP) is 2.42. The molecule has 0 radical (unpaired) electrons. The van der Waals surface area contributed by atoms with Crippen LogP contribution in [0.5, 0.6) is 0 Å². The maximum absolute atomic E-state index is 11.3. The molecule has 0 spiro atoms. The molecule has 1 rings (SSSR count). The average Bonchev–Trinajstić information content (AvgIpc) is 2.05. The van der Waals surface area contributed by atoms with Crippen molar-refractivity contribution in [2.24, 2.45) is 0 Å². The van der Waals surface area contributed by atoms with E-state index < -0.39 is 0 Å². The summed E-state index contributed by atoms with van der Waals surface area (Å²) in [5, 5.41) is 0. The summed E-state index contributed by atoms with van der Waals surface area (Å²) in [6.45, 7) is 2.28. The molecule has 68 valence electrons. The van der Waals surface area contributed by atoms with Gasteiger partial charge >= 0.3 is 5.97 Å². The van der Waals surface area contributed by atoms with E-state index in [-0.39, 0.29) is 10.8 Å². The number of hydrogen-bond acceptors (Lipinski definition) is 2. The van der Waals surface area contributed by atoms with Crippen molar-refractivity contribution in [3.63, 3.8) is 0 Å². The van der Waals surface area contributed by atoms with Crippen molar-refractivity contribution in [1.82, 2.24) is 0 Å². The van der Waals surface area contributed by atoms with Crippen LogP contribution in [0.15, 0.2) is 11.6 Å². The van der Waals surface area contributed by atoms with Gasteiger partial charge in [0, 0.05) is 10.4 Å². The van der Waals surface area contributed by atoms with Crippen molar-refractivity contribution >= 4 is 21.9 Å². The minimum Gasteiger partial charge on any atom is -0.463 e. The Labute approximate surface area is 81.1 Å². The lowest BCUT2D eigenvalue weighted by Crippen LogP contribution is -2.18. The first kappa shape index (κ1) is 9.78. The first-order valence-corrected chi connectivity index (χ1v) is 5.18. The van der Waals surface area contributed by atoms with Gasteiger partial charge in [0.05, 0.1) is 6.61 Å². The highest BCUT2D eigenvalue weighted by molar-refractivity contribution is 9.09. The molecule has 0 aromatic heterocycles. The lowest BCUT2D eigenvalue weighted by atomic mass is 10.00. The van der Waals surface area contributed by atoms with Gasteiger partial charge < -0.3 is 4.74 Å². The molecule has 0 heterocycles. The molecule has 0 saturated carbocycles. The largest absolute Gasteiger partial charge is 0.463 e. The molecule has 1 atom stereocenters. The molecule has 0 amide bonds. The van der Waals surface area contributed by atoms with Crippen molar-refractivity contribution in [3.8, 4) is 0 Å². The molecule has 0 aromatic rings. The number of carbonyl (C=O) groups excluding carboxylic acids is 1. The fraction of sp³-hybridized carbons (Fsp3) is 0.667. The molecule has 3 heteroatoms. The van der Waals surface area contributed by atoms with Crippen LogP contribution in [0, 0.1) is 0 Å². The second-order valence-corrected chi connectivity index (χ2v) is 3.88. The van der Waals surface area contributed by atoms with Crippen molar-refractivity contribution < 1.29 is 9.53 Å². The SMILES string of the molecule is CCOC(=O)C1=CCCCC1Br. The molecule has 0 aromatic carbocycles. The molecule has 0 saturated heterocycles. The van der Waals surface area contributed by atoms with Gasteiger partial charge in [0.2, 0.25) is 0 Å². The van der Waals surface area contributed by atoms with Crippen LogP contribution in [0.25, 0.3) is 0 Å². The first-order valence-electron chi connectivity index (χ1n) is 4.27. The second-order valence-electron chi connectivity index (χ2n) is 2.78. The van der Waals surface area contributed by atoms with Crippen LogP contribution < -0.4 is 0 Å². The number of rotatable bonds is 2. The molecule has 0 N–H and O–H groups in total. The number of halogens is 1. The van der Waals surface area contributed by atoms with Gasteiger partial charge in [-0.1, -0.05) is 22.0 Å². The van der Waals surface area contributed by atoms with Crippen molar-refractivity contribution in [1.29, 1.82) is 0 Å². The van der Waals surface area contributed by atoms with E-state index >= 15 is 0 Å². The van der Waals surface area contributed by atoms with Crippen LogP contribution in [0.1, 0.15) is 26.2 Å². The van der Waals surface area contributed by atoms with E-state index in [4.69, 9.17) is 4.74 Å². The highest BCUT2D eigenvalue weighted by Gasteiger charge is 2.21. The Morgan fingerprint density at radius 2 is 2.58 bits per heavy atom. The maximum Gasteiger partial charge on any atom is 0.334 e. The Kier molecular flexibility index (Phi) is 3.79. The standard InChI is InChI=1S/C9H13BrO2/c1-2-12-9(11)7-5-3-4-6-8(7)10/h5,8H,2-4,6H2,1H3. The van der Waals surface area contributed by atoms with Gasteiger partial charge in [-0.15, -0.1) is 0 Å². The smallest absolute Gasteiger partial charge is 0.334 e. The zero-order valence-electron chi connectivity index (χ0n) is 7.18. The Balaban J connectivity index is 2.59. The molecule has 1 unspecified atom stereocenters. The maximum atomic E-state index is 11.3. The van der Waals surface area contributed by atoms with Gasteiger partial charge in [-0.2, -0.15) is 0 Å². The molecule has 1 aliphatic carbocycles. The van der Waals surface area contributed by atoms with Crippen LogP contribution in [-0.2, 0) is 9.53 Å². The molecule has 1 aliphatic rings. The topological polar surface area (TPSA) is 26.3 Å². The monoisotopic (exact) mass is 232 g/mol. The normalized spacial score (nSPS) is 23.2. The van der Waals surface area contributed by atoms with E-state index in [1.54, 1.807) is 0 Å². The van der Waals surface area contributed by atoms with Crippen LogP contribution in [0.4, 0.5) is 0 Å². The molecule has 0 aliphatic heterocycles. The summed E-state index contributed by atoms with van der Waals surface area (Å²) in [7, 11) is 0. The highest BCUT2D eigenvalue weighted by Crippen LogP contribution is 2.25. The van der Waals surface area contributed by atoms with Crippen molar-refractivity contribution in [2.45, 2.75) is 31.0 Å². The molecule has 0 bridgehead atoms. The lowest BCUT2D eigenvalue weighted by Gasteiger charge is -2.16. The van der Waals surface area contributed by atoms with Crippen molar-refractivity contribution in [2.75, 3.05) is 6.61 Å². The van der Waals surface area contributed by atoms with Crippen LogP contribution in [-0.4, -0.2) is 17.4 Å². The number of esters is 1. The van der Waals surface area contributed by atoms with Gasteiger partial charge in [0.25, 0.3) is 0 Å². The number of hydrogen-bond donors (Lipinski definition) is 0. The number of allylic oxidation sites excluding steroid dienone is 1. The zero-order valence-corrected chi connectivity index (χ0v) is 8.76. The number of alkyl halides is 1. The van der Waals surface area contributed by atoms with Gasteiger partial charge in [0.1, 0.15) is 0 Å². The van der Waals surface area contributed by atoms with E-state index in [2.05, 4.69) is 15.9 Å². The molecule has 12 heavy (non-hydrogen) atoms. The van der Waals surface area contributed by atoms with E-state index in [0.29, 0.717) is 6.61 Å². The highest BCUT2D eigenvalue weighted by atomic mass is 79.9. The number of ether oxygens (including phenoxy) is 1. The minimum atomic E-state index is -0.168. The third-order valence-electron chi connectivity index (χ3n) is 1.87. The lowest BCUT2D eigenvalue weighted by molar-refractivity contribution is -0.138. The van der Waals surface area contributed by atoms with Gasteiger partial charge in [0.15, 0.2) is 0 Å². The summed E-state index contributed by atoms with van der Waals surface area (Å²) in [4.78, 5) is 11.5. The van der Waals surface area contributed by atoms with Crippen molar-refractivity contribution in [3.05, 3.63) is 11.6 Å². The predicted molar refractivity (Wildman–Crippen MR) is 51.3 cm³/mol. The summed E-state index contributed by atoms with van der Waals surface area (Å²) < 4.78 is 4.91. The number of carbonyl (C=O) groups is 1. The zero-order chi connectivity index (χ0) is 8.97. The molecular formula is C9H13BrO2. The van der Waals surface area contributed by atoms with E-state index in [1.165, 1.54) is 0 Å². The first-order chi connectivity index (χ1) is 5.75. The fourth-order valence-corrected chi connectivity index (χ4v) is 1.96. The molecule has 0 fully saturated rings. The van der Waals surface area contributed by atoms with Crippen LogP contribution >= 0.6 is 15.9 Å². The summed E-state index contributed by atoms with van der Waals surface area (Å²) in [5.74, 6) is -0.168.